The SMILES string of the molecule is Cn1cc(CNc2ncnc(Cl)c2N)cn1. The lowest BCUT2D eigenvalue weighted by molar-refractivity contribution is 0.767. The highest BCUT2D eigenvalue weighted by Gasteiger charge is 2.05. The lowest BCUT2D eigenvalue weighted by Crippen LogP contribution is -2.05. The molecule has 0 fully saturated rings. The molecule has 2 aromatic rings. The number of anilines is 2. The maximum absolute atomic E-state index is 5.77. The summed E-state index contributed by atoms with van der Waals surface area (Å²) in [7, 11) is 1.86. The third-order valence-electron chi connectivity index (χ3n) is 2.05. The second-order valence-corrected chi connectivity index (χ2v) is 3.66. The third kappa shape index (κ3) is 2.22. The van der Waals surface area contributed by atoms with E-state index >= 15 is 0 Å². The topological polar surface area (TPSA) is 81.7 Å². The van der Waals surface area contributed by atoms with Gasteiger partial charge in [-0.15, -0.1) is 0 Å². The molecule has 0 atom stereocenters. The summed E-state index contributed by atoms with van der Waals surface area (Å²) < 4.78 is 1.73. The van der Waals surface area contributed by atoms with Crippen molar-refractivity contribution in [2.45, 2.75) is 6.54 Å². The number of rotatable bonds is 3. The van der Waals surface area contributed by atoms with Gasteiger partial charge in [0.1, 0.15) is 12.0 Å². The van der Waals surface area contributed by atoms with Crippen molar-refractivity contribution in [2.75, 3.05) is 11.1 Å². The quantitative estimate of drug-likeness (QED) is 0.782. The van der Waals surface area contributed by atoms with Crippen LogP contribution in [0, 0.1) is 0 Å². The summed E-state index contributed by atoms with van der Waals surface area (Å²) >= 11 is 5.77. The predicted octanol–water partition coefficient (Wildman–Crippen LogP) is 1.06. The minimum absolute atomic E-state index is 0.253. The Labute approximate surface area is 97.5 Å². The minimum Gasteiger partial charge on any atom is -0.393 e. The van der Waals surface area contributed by atoms with Crippen LogP contribution < -0.4 is 11.1 Å². The molecule has 0 aromatic carbocycles. The fourth-order valence-electron chi connectivity index (χ4n) is 1.26. The van der Waals surface area contributed by atoms with Crippen LogP contribution in [0.5, 0.6) is 0 Å². The van der Waals surface area contributed by atoms with Crippen LogP contribution in [0.2, 0.25) is 5.15 Å². The fraction of sp³-hybridized carbons (Fsp3) is 0.222. The summed E-state index contributed by atoms with van der Waals surface area (Å²) in [6.07, 6.45) is 5.04. The van der Waals surface area contributed by atoms with Crippen molar-refractivity contribution in [3.63, 3.8) is 0 Å². The van der Waals surface area contributed by atoms with Crippen LogP contribution >= 0.6 is 11.6 Å². The Morgan fingerprint density at radius 3 is 3.00 bits per heavy atom. The number of hydrogen-bond acceptors (Lipinski definition) is 5. The highest BCUT2D eigenvalue weighted by atomic mass is 35.5. The summed E-state index contributed by atoms with van der Waals surface area (Å²) in [6.45, 7) is 0.589. The van der Waals surface area contributed by atoms with Gasteiger partial charge in [-0.3, -0.25) is 4.68 Å². The van der Waals surface area contributed by atoms with Crippen LogP contribution in [0.1, 0.15) is 5.56 Å². The Balaban J connectivity index is 2.07. The molecule has 2 heterocycles. The normalized spacial score (nSPS) is 10.4. The van der Waals surface area contributed by atoms with E-state index in [9.17, 15) is 0 Å². The van der Waals surface area contributed by atoms with Crippen LogP contribution in [0.15, 0.2) is 18.7 Å². The summed E-state index contributed by atoms with van der Waals surface area (Å²) in [5, 5.41) is 7.38. The van der Waals surface area contributed by atoms with Gasteiger partial charge in [-0.1, -0.05) is 11.6 Å². The second-order valence-electron chi connectivity index (χ2n) is 3.30. The molecule has 0 radical (unpaired) electrons. The monoisotopic (exact) mass is 238 g/mol. The van der Waals surface area contributed by atoms with Gasteiger partial charge >= 0.3 is 0 Å². The first-order valence-corrected chi connectivity index (χ1v) is 5.02. The van der Waals surface area contributed by atoms with Crippen molar-refractivity contribution in [2.24, 2.45) is 7.05 Å². The van der Waals surface area contributed by atoms with Crippen LogP contribution in [0.4, 0.5) is 11.5 Å². The van der Waals surface area contributed by atoms with Crippen molar-refractivity contribution < 1.29 is 0 Å². The first-order chi connectivity index (χ1) is 7.66. The molecule has 84 valence electrons. The van der Waals surface area contributed by atoms with Crippen LogP contribution in [0.3, 0.4) is 0 Å². The summed E-state index contributed by atoms with van der Waals surface area (Å²) in [5.41, 5.74) is 7.10. The molecule has 2 rings (SSSR count). The van der Waals surface area contributed by atoms with Gasteiger partial charge in [0.2, 0.25) is 0 Å². The van der Waals surface area contributed by atoms with Gasteiger partial charge in [-0.05, 0) is 0 Å². The number of nitrogens with zero attached hydrogens (tertiary/aromatic N) is 4. The lowest BCUT2D eigenvalue weighted by Gasteiger charge is -2.06. The molecule has 0 bridgehead atoms. The zero-order valence-electron chi connectivity index (χ0n) is 8.68. The maximum Gasteiger partial charge on any atom is 0.157 e. The largest absolute Gasteiger partial charge is 0.393 e. The van der Waals surface area contributed by atoms with Crippen LogP contribution in [-0.2, 0) is 13.6 Å². The number of nitrogens with two attached hydrogens (primary N) is 1. The summed E-state index contributed by atoms with van der Waals surface area (Å²) in [6, 6.07) is 0. The molecule has 0 spiro atoms. The predicted molar refractivity (Wildman–Crippen MR) is 62.0 cm³/mol. The van der Waals surface area contributed by atoms with Crippen LogP contribution in [0.25, 0.3) is 0 Å². The molecule has 0 aliphatic carbocycles. The zero-order valence-corrected chi connectivity index (χ0v) is 9.44. The molecule has 0 aliphatic rings. The van der Waals surface area contributed by atoms with Crippen molar-refractivity contribution >= 4 is 23.1 Å². The van der Waals surface area contributed by atoms with E-state index < -0.39 is 0 Å². The molecular weight excluding hydrogens is 228 g/mol. The Kier molecular flexibility index (Phi) is 2.91. The van der Waals surface area contributed by atoms with Crippen molar-refractivity contribution in [3.8, 4) is 0 Å². The maximum atomic E-state index is 5.77. The summed E-state index contributed by atoms with van der Waals surface area (Å²) in [4.78, 5) is 7.77. The minimum atomic E-state index is 0.253. The van der Waals surface area contributed by atoms with Gasteiger partial charge in [-0.25, -0.2) is 9.97 Å². The molecule has 0 unspecified atom stereocenters. The molecule has 3 N–H and O–H groups in total. The molecule has 0 aliphatic heterocycles. The Bertz CT molecular complexity index is 494. The van der Waals surface area contributed by atoms with E-state index in [1.54, 1.807) is 10.9 Å². The first-order valence-electron chi connectivity index (χ1n) is 4.64. The molecular formula is C9H11ClN6. The summed E-state index contributed by atoms with van der Waals surface area (Å²) in [5.74, 6) is 0.531. The van der Waals surface area contributed by atoms with E-state index in [4.69, 9.17) is 17.3 Å². The van der Waals surface area contributed by atoms with Crippen LogP contribution in [-0.4, -0.2) is 19.7 Å². The molecule has 6 nitrogen and oxygen atoms in total. The van der Waals surface area contributed by atoms with Crippen molar-refractivity contribution in [1.29, 1.82) is 0 Å². The Morgan fingerprint density at radius 2 is 2.31 bits per heavy atom. The average Bonchev–Trinajstić information content (AvgIpc) is 2.67. The second kappa shape index (κ2) is 4.36. The number of aryl methyl sites for hydroxylation is 1. The van der Waals surface area contributed by atoms with Gasteiger partial charge in [0.05, 0.1) is 6.20 Å². The molecule has 0 amide bonds. The number of hydrogen-bond donors (Lipinski definition) is 2. The van der Waals surface area contributed by atoms with E-state index in [0.29, 0.717) is 18.1 Å². The Morgan fingerprint density at radius 1 is 1.50 bits per heavy atom. The van der Waals surface area contributed by atoms with Crippen molar-refractivity contribution in [1.82, 2.24) is 19.7 Å². The van der Waals surface area contributed by atoms with E-state index in [2.05, 4.69) is 20.4 Å². The van der Waals surface area contributed by atoms with Gasteiger partial charge < -0.3 is 11.1 Å². The average molecular weight is 239 g/mol. The van der Waals surface area contributed by atoms with Crippen molar-refractivity contribution in [3.05, 3.63) is 29.4 Å². The highest BCUT2D eigenvalue weighted by molar-refractivity contribution is 6.32. The number of nitrogen functional groups attached to an aromatic ring is 1. The molecule has 0 saturated carbocycles. The fourth-order valence-corrected chi connectivity index (χ4v) is 1.40. The zero-order chi connectivity index (χ0) is 11.5. The van der Waals surface area contributed by atoms with Gasteiger partial charge in [0, 0.05) is 25.4 Å². The number of aromatic nitrogens is 4. The van der Waals surface area contributed by atoms with E-state index in [1.807, 2.05) is 13.2 Å². The first kappa shape index (κ1) is 10.7. The van der Waals surface area contributed by atoms with E-state index in [-0.39, 0.29) is 5.15 Å². The Hall–Kier alpha value is -1.82. The third-order valence-corrected chi connectivity index (χ3v) is 2.35. The number of halogens is 1. The van der Waals surface area contributed by atoms with Gasteiger partial charge in [-0.2, -0.15) is 5.10 Å². The van der Waals surface area contributed by atoms with E-state index in [0.717, 1.165) is 5.56 Å². The molecule has 16 heavy (non-hydrogen) atoms. The highest BCUT2D eigenvalue weighted by Crippen LogP contribution is 2.22. The standard InChI is InChI=1S/C9H11ClN6/c1-16-4-6(3-15-16)2-12-9-7(11)8(10)13-5-14-9/h3-5H,2,11H2,1H3,(H,12,13,14). The van der Waals surface area contributed by atoms with Gasteiger partial charge in [0.15, 0.2) is 11.0 Å². The smallest absolute Gasteiger partial charge is 0.157 e. The van der Waals surface area contributed by atoms with Gasteiger partial charge in [0.25, 0.3) is 0 Å². The molecule has 0 saturated heterocycles. The molecule has 2 aromatic heterocycles. The number of nitrogens with one attached hydrogen (secondary N) is 1. The molecule has 7 heteroatoms. The lowest BCUT2D eigenvalue weighted by atomic mass is 10.3. The van der Waals surface area contributed by atoms with E-state index in [1.165, 1.54) is 6.33 Å².